The van der Waals surface area contributed by atoms with E-state index in [2.05, 4.69) is 19.8 Å². The average molecular weight is 757 g/mol. The maximum absolute atomic E-state index is 11.7. The number of aryl methyl sites for hydroxylation is 1. The van der Waals surface area contributed by atoms with Crippen LogP contribution in [0, 0.1) is 6.92 Å². The largest absolute Gasteiger partial charge is 1.00 e. The number of nitrogens with one attached hydrogen (secondary N) is 1. The number of alkyl halides is 1. The monoisotopic (exact) mass is 757 g/mol. The van der Waals surface area contributed by atoms with Crippen molar-refractivity contribution in [1.82, 2.24) is 15.0 Å². The molecule has 190 valence electrons. The Hall–Kier alpha value is -0.216. The van der Waals surface area contributed by atoms with E-state index in [1.54, 1.807) is 33.0 Å². The van der Waals surface area contributed by atoms with Crippen molar-refractivity contribution in [3.8, 4) is 0 Å². The maximum atomic E-state index is 11.7. The van der Waals surface area contributed by atoms with Crippen LogP contribution in [0.1, 0.15) is 45.4 Å². The standard InChI is InChI=1S/C12H14N2O3.C9H8N2O.CH3F.CH2O3.2Cs.H/c1-3-10(16)14(11(17)4-2)12-9(8-15)6-5-7-13-12;1-6-5-7-3-2-4-10-8(7)11-9(6)12;1-2;2-1-4-3;;;/h5-8H,3-4H2,1-2H3;2-5H,1H3,(H,10,11,12);1H3;1,3H;;;/q;;;;2*+1;-1/p-1/i;;1D;;;;. The molecule has 0 spiro atoms. The molecule has 1 N–H and O–H groups in total. The van der Waals surface area contributed by atoms with Crippen LogP contribution in [0.2, 0.25) is 0 Å². The smallest absolute Gasteiger partial charge is 1.00 e. The minimum absolute atomic E-state index is 0. The van der Waals surface area contributed by atoms with Crippen LogP contribution in [0.25, 0.3) is 11.0 Å². The molecule has 0 radical (unpaired) electrons. The zero-order valence-electron chi connectivity index (χ0n) is 23.4. The zero-order valence-corrected chi connectivity index (χ0v) is 34.0. The number of carbonyl (C=O) groups is 4. The van der Waals surface area contributed by atoms with Gasteiger partial charge in [0.1, 0.15) is 5.65 Å². The zero-order chi connectivity index (χ0) is 27.5. The number of aromatic amines is 1. The SMILES string of the molecule is CCC(=O)N(C(=O)CC)c1ncccc1C=O.Cc1cc2cccnc2[nH]c1=O.O=CO[O-].[2H]CF.[Cs+].[Cs+].[H-]. The van der Waals surface area contributed by atoms with Gasteiger partial charge in [-0.05, 0) is 37.3 Å². The fourth-order valence-electron chi connectivity index (χ4n) is 2.52. The minimum Gasteiger partial charge on any atom is -1.00 e. The molecule has 3 rings (SSSR count). The third-order valence-electron chi connectivity index (χ3n) is 4.10. The third kappa shape index (κ3) is 14.7. The maximum Gasteiger partial charge on any atom is 1.00 e. The van der Waals surface area contributed by atoms with Gasteiger partial charge in [0.2, 0.25) is 11.8 Å². The molecule has 0 aliphatic rings. The van der Waals surface area contributed by atoms with Crippen molar-refractivity contribution in [3.63, 3.8) is 0 Å². The van der Waals surface area contributed by atoms with Crippen LogP contribution < -0.4 is 154 Å². The van der Waals surface area contributed by atoms with Gasteiger partial charge in [-0.1, -0.05) is 13.8 Å². The second-order valence-corrected chi connectivity index (χ2v) is 6.28. The van der Waals surface area contributed by atoms with E-state index in [1.165, 1.54) is 12.3 Å². The summed E-state index contributed by atoms with van der Waals surface area (Å²) in [6, 6.07) is 8.71. The van der Waals surface area contributed by atoms with Crippen LogP contribution >= 0.6 is 0 Å². The number of aromatic nitrogens is 3. The van der Waals surface area contributed by atoms with Gasteiger partial charge in [-0.25, -0.2) is 14.9 Å². The number of pyridine rings is 3. The second-order valence-electron chi connectivity index (χ2n) is 6.28. The molecule has 3 heterocycles. The van der Waals surface area contributed by atoms with Crippen LogP contribution in [0.5, 0.6) is 0 Å². The Bertz CT molecular complexity index is 1190. The van der Waals surface area contributed by atoms with E-state index < -0.39 is 7.15 Å². The molecule has 37 heavy (non-hydrogen) atoms. The van der Waals surface area contributed by atoms with Crippen molar-refractivity contribution < 1.29 is 174 Å². The number of hydrogen-bond acceptors (Lipinski definition) is 9. The van der Waals surface area contributed by atoms with Gasteiger partial charge < -0.3 is 16.6 Å². The van der Waals surface area contributed by atoms with Crippen molar-refractivity contribution in [3.05, 3.63) is 64.2 Å². The van der Waals surface area contributed by atoms with Gasteiger partial charge >= 0.3 is 138 Å². The normalized spacial score (nSPS) is 8.95. The number of fused-ring (bicyclic) bond motifs is 1. The summed E-state index contributed by atoms with van der Waals surface area (Å²) < 4.78 is 15.5. The molecule has 0 fully saturated rings. The summed E-state index contributed by atoms with van der Waals surface area (Å²) in [6.07, 6.45) is 4.05. The number of imide groups is 1. The molecule has 0 unspecified atom stereocenters. The predicted molar refractivity (Wildman–Crippen MR) is 125 cm³/mol. The molecule has 3 aromatic heterocycles. The summed E-state index contributed by atoms with van der Waals surface area (Å²) in [5.74, 6) is -0.612. The molecular formula is C23H27Cs2FN4O7. The molecular weight excluding hydrogens is 729 g/mol. The number of hydrogen-bond donors (Lipinski definition) is 1. The van der Waals surface area contributed by atoms with Gasteiger partial charge in [0.15, 0.2) is 12.1 Å². The van der Waals surface area contributed by atoms with Gasteiger partial charge in [0, 0.05) is 36.2 Å². The van der Waals surface area contributed by atoms with Gasteiger partial charge in [-0.2, -0.15) is 0 Å². The van der Waals surface area contributed by atoms with Crippen molar-refractivity contribution >= 4 is 41.4 Å². The number of rotatable bonds is 5. The molecule has 0 atom stereocenters. The van der Waals surface area contributed by atoms with Crippen LogP contribution in [-0.4, -0.2) is 46.7 Å². The van der Waals surface area contributed by atoms with E-state index >= 15 is 0 Å². The fraction of sp³-hybridized carbons (Fsp3) is 0.261. The second kappa shape index (κ2) is 24.8. The minimum atomic E-state index is -1.00. The van der Waals surface area contributed by atoms with E-state index in [0.29, 0.717) is 11.9 Å². The van der Waals surface area contributed by atoms with E-state index in [1.807, 2.05) is 18.2 Å². The first-order valence-electron chi connectivity index (χ1n) is 10.7. The van der Waals surface area contributed by atoms with Crippen molar-refractivity contribution in [1.29, 1.82) is 0 Å². The number of halogens is 1. The van der Waals surface area contributed by atoms with Gasteiger partial charge in [-0.15, -0.1) is 0 Å². The van der Waals surface area contributed by atoms with Crippen LogP contribution in [0.4, 0.5) is 10.2 Å². The fourth-order valence-corrected chi connectivity index (χ4v) is 2.52. The van der Waals surface area contributed by atoms with E-state index in [9.17, 15) is 23.6 Å². The van der Waals surface area contributed by atoms with E-state index in [0.717, 1.165) is 15.8 Å². The van der Waals surface area contributed by atoms with Crippen LogP contribution in [-0.2, 0) is 19.3 Å². The molecule has 2 amide bonds. The van der Waals surface area contributed by atoms with E-state index in [-0.39, 0.29) is 187 Å². The molecule has 0 aromatic carbocycles. The number of anilines is 1. The van der Waals surface area contributed by atoms with E-state index in [4.69, 9.17) is 11.4 Å². The van der Waals surface area contributed by atoms with Crippen molar-refractivity contribution in [2.24, 2.45) is 0 Å². The first kappa shape index (κ1) is 38.9. The Kier molecular flexibility index (Phi) is 26.1. The number of H-pyrrole nitrogens is 1. The topological polar surface area (TPSA) is 162 Å². The summed E-state index contributed by atoms with van der Waals surface area (Å²) in [6.45, 7) is 4.91. The Morgan fingerprint density at radius 3 is 2.16 bits per heavy atom. The first-order chi connectivity index (χ1) is 17.2. The summed E-state index contributed by atoms with van der Waals surface area (Å²) in [7, 11) is -1.00. The van der Waals surface area contributed by atoms with Crippen LogP contribution in [0.15, 0.2) is 47.5 Å². The first-order valence-corrected chi connectivity index (χ1v) is 10.0. The molecule has 0 aliphatic carbocycles. The van der Waals surface area contributed by atoms with Gasteiger partial charge in [0.05, 0.1) is 14.1 Å². The van der Waals surface area contributed by atoms with Gasteiger partial charge in [0.25, 0.3) is 12.0 Å². The van der Waals surface area contributed by atoms with Crippen molar-refractivity contribution in [2.75, 3.05) is 12.1 Å². The molecule has 14 heteroatoms. The Morgan fingerprint density at radius 2 is 1.68 bits per heavy atom. The predicted octanol–water partition coefficient (Wildman–Crippen LogP) is -4.05. The van der Waals surface area contributed by atoms with Crippen molar-refractivity contribution in [2.45, 2.75) is 33.6 Å². The molecule has 0 aliphatic heterocycles. The third-order valence-corrected chi connectivity index (χ3v) is 4.10. The molecule has 3 aromatic rings. The number of carbonyl (C=O) groups excluding carboxylic acids is 4. The quantitative estimate of drug-likeness (QED) is 0.155. The summed E-state index contributed by atoms with van der Waals surface area (Å²) in [5.41, 5.74) is 1.53. The summed E-state index contributed by atoms with van der Waals surface area (Å²) in [4.78, 5) is 68.3. The summed E-state index contributed by atoms with van der Waals surface area (Å²) in [5, 5.41) is 9.40. The Balaban J connectivity index is -0.000000244. The molecule has 11 nitrogen and oxygen atoms in total. The van der Waals surface area contributed by atoms with Crippen LogP contribution in [0.3, 0.4) is 0 Å². The van der Waals surface area contributed by atoms with Gasteiger partial charge in [-0.3, -0.25) is 28.4 Å². The number of aldehydes is 1. The molecule has 0 saturated heterocycles. The average Bonchev–Trinajstić information content (AvgIpc) is 2.90. The number of nitrogens with zero attached hydrogens (tertiary/aromatic N) is 3. The molecule has 0 bridgehead atoms. The molecule has 0 saturated carbocycles. The summed E-state index contributed by atoms with van der Waals surface area (Å²) >= 11 is 0. The Labute approximate surface area is 334 Å². The Morgan fingerprint density at radius 1 is 1.16 bits per heavy atom. The number of amides is 2.